The quantitative estimate of drug-likeness (QED) is 0.901. The van der Waals surface area contributed by atoms with E-state index < -0.39 is 0 Å². The molecule has 1 amide bonds. The van der Waals surface area contributed by atoms with Gasteiger partial charge in [-0.1, -0.05) is 36.2 Å². The molecular formula is C17H24Cl2N2O. The largest absolute Gasteiger partial charge is 0.338 e. The van der Waals surface area contributed by atoms with Gasteiger partial charge in [0.1, 0.15) is 0 Å². The van der Waals surface area contributed by atoms with Crippen LogP contribution in [0.3, 0.4) is 0 Å². The summed E-state index contributed by atoms with van der Waals surface area (Å²) in [5.74, 6) is 0.0612. The predicted octanol–water partition coefficient (Wildman–Crippen LogP) is 3.90. The Labute approximate surface area is 142 Å². The van der Waals surface area contributed by atoms with Crippen LogP contribution in [-0.2, 0) is 11.2 Å². The van der Waals surface area contributed by atoms with Crippen molar-refractivity contribution in [3.63, 3.8) is 0 Å². The van der Waals surface area contributed by atoms with Gasteiger partial charge in [-0.15, -0.1) is 0 Å². The summed E-state index contributed by atoms with van der Waals surface area (Å²) in [4.78, 5) is 14.8. The van der Waals surface area contributed by atoms with Crippen LogP contribution in [0.25, 0.3) is 0 Å². The molecule has 0 spiro atoms. The Kier molecular flexibility index (Phi) is 6.13. The lowest BCUT2D eigenvalue weighted by Gasteiger charge is -2.39. The highest BCUT2D eigenvalue weighted by atomic mass is 35.5. The average Bonchev–Trinajstić information content (AvgIpc) is 2.49. The molecule has 0 bridgehead atoms. The molecule has 2 rings (SSSR count). The molecule has 3 nitrogen and oxygen atoms in total. The van der Waals surface area contributed by atoms with Gasteiger partial charge in [-0.2, -0.15) is 0 Å². The zero-order valence-electron chi connectivity index (χ0n) is 13.2. The van der Waals surface area contributed by atoms with Crippen LogP contribution in [0.4, 0.5) is 0 Å². The average molecular weight is 343 g/mol. The van der Waals surface area contributed by atoms with Gasteiger partial charge in [0.15, 0.2) is 0 Å². The maximum absolute atomic E-state index is 12.8. The molecule has 1 saturated heterocycles. The van der Waals surface area contributed by atoms with Gasteiger partial charge in [0.2, 0.25) is 5.91 Å². The molecule has 0 aliphatic carbocycles. The van der Waals surface area contributed by atoms with Crippen LogP contribution in [0.5, 0.6) is 0 Å². The smallest absolute Gasteiger partial charge is 0.226 e. The van der Waals surface area contributed by atoms with Crippen LogP contribution in [0, 0.1) is 5.92 Å². The van der Waals surface area contributed by atoms with Crippen molar-refractivity contribution in [1.82, 2.24) is 4.90 Å². The van der Waals surface area contributed by atoms with Crippen molar-refractivity contribution in [3.8, 4) is 0 Å². The number of piperidine rings is 1. The molecule has 0 radical (unpaired) electrons. The number of carbonyl (C=O) groups excluding carboxylic acids is 1. The third kappa shape index (κ3) is 4.15. The summed E-state index contributed by atoms with van der Waals surface area (Å²) in [6.45, 7) is 4.75. The summed E-state index contributed by atoms with van der Waals surface area (Å²) in [5, 5.41) is 1.23. The van der Waals surface area contributed by atoms with Crippen molar-refractivity contribution < 1.29 is 4.79 Å². The topological polar surface area (TPSA) is 46.3 Å². The number of carbonyl (C=O) groups is 1. The molecule has 0 saturated carbocycles. The summed E-state index contributed by atoms with van der Waals surface area (Å²) in [6.07, 6.45) is 3.82. The van der Waals surface area contributed by atoms with Gasteiger partial charge in [0.25, 0.3) is 0 Å². The lowest BCUT2D eigenvalue weighted by molar-refractivity contribution is -0.139. The molecule has 1 aromatic carbocycles. The molecule has 3 unspecified atom stereocenters. The van der Waals surface area contributed by atoms with E-state index in [9.17, 15) is 4.79 Å². The van der Waals surface area contributed by atoms with Gasteiger partial charge in [-0.3, -0.25) is 4.79 Å². The van der Waals surface area contributed by atoms with Gasteiger partial charge < -0.3 is 10.6 Å². The van der Waals surface area contributed by atoms with Crippen molar-refractivity contribution in [2.45, 2.75) is 51.6 Å². The Morgan fingerprint density at radius 2 is 2.09 bits per heavy atom. The van der Waals surface area contributed by atoms with Crippen LogP contribution in [0.2, 0.25) is 10.0 Å². The van der Waals surface area contributed by atoms with E-state index in [1.54, 1.807) is 6.07 Å². The fourth-order valence-electron chi connectivity index (χ4n) is 3.17. The summed E-state index contributed by atoms with van der Waals surface area (Å²) in [7, 11) is 0. The second-order valence-corrected chi connectivity index (χ2v) is 7.14. The molecule has 0 aromatic heterocycles. The number of benzene rings is 1. The Balaban J connectivity index is 2.07. The minimum absolute atomic E-state index is 0.00979. The lowest BCUT2D eigenvalue weighted by Crippen LogP contribution is -2.53. The highest BCUT2D eigenvalue weighted by Crippen LogP contribution is 2.26. The van der Waals surface area contributed by atoms with Crippen molar-refractivity contribution >= 4 is 29.1 Å². The van der Waals surface area contributed by atoms with Crippen molar-refractivity contribution in [2.75, 3.05) is 6.54 Å². The number of hydrogen-bond donors (Lipinski definition) is 1. The van der Waals surface area contributed by atoms with E-state index in [4.69, 9.17) is 28.9 Å². The Morgan fingerprint density at radius 3 is 2.73 bits per heavy atom. The zero-order chi connectivity index (χ0) is 16.3. The van der Waals surface area contributed by atoms with Crippen molar-refractivity contribution in [1.29, 1.82) is 0 Å². The maximum Gasteiger partial charge on any atom is 0.226 e. The van der Waals surface area contributed by atoms with Crippen LogP contribution in [0.15, 0.2) is 18.2 Å². The van der Waals surface area contributed by atoms with E-state index in [-0.39, 0.29) is 23.9 Å². The third-order valence-corrected chi connectivity index (χ3v) is 4.99. The number of rotatable bonds is 4. The zero-order valence-corrected chi connectivity index (χ0v) is 14.7. The minimum atomic E-state index is -0.113. The highest BCUT2D eigenvalue weighted by molar-refractivity contribution is 6.35. The molecule has 1 heterocycles. The first-order valence-electron chi connectivity index (χ1n) is 7.90. The second kappa shape index (κ2) is 7.67. The van der Waals surface area contributed by atoms with Gasteiger partial charge in [0, 0.05) is 34.6 Å². The Bertz CT molecular complexity index is 533. The predicted molar refractivity (Wildman–Crippen MR) is 92.3 cm³/mol. The van der Waals surface area contributed by atoms with Gasteiger partial charge in [-0.25, -0.2) is 0 Å². The number of hydrogen-bond acceptors (Lipinski definition) is 2. The Hall–Kier alpha value is -0.770. The number of halogens is 2. The van der Waals surface area contributed by atoms with E-state index in [0.717, 1.165) is 31.4 Å². The normalized spacial score (nSPS) is 21.5. The SMILES string of the molecule is CC(Cc1ccc(Cl)cc1Cl)C(=O)N1CCCCC1C(C)N. The molecular weight excluding hydrogens is 319 g/mol. The van der Waals surface area contributed by atoms with Crippen LogP contribution in [0.1, 0.15) is 38.7 Å². The Morgan fingerprint density at radius 1 is 1.36 bits per heavy atom. The number of nitrogens with zero attached hydrogens (tertiary/aromatic N) is 1. The monoisotopic (exact) mass is 342 g/mol. The van der Waals surface area contributed by atoms with Crippen LogP contribution >= 0.6 is 23.2 Å². The fraction of sp³-hybridized carbons (Fsp3) is 0.588. The first kappa shape index (κ1) is 17.6. The van der Waals surface area contributed by atoms with Crippen molar-refractivity contribution in [2.24, 2.45) is 11.7 Å². The third-order valence-electron chi connectivity index (χ3n) is 4.40. The fourth-order valence-corrected chi connectivity index (χ4v) is 3.65. The minimum Gasteiger partial charge on any atom is -0.338 e. The standard InChI is InChI=1S/C17H24Cl2N2O/c1-11(9-13-6-7-14(18)10-15(13)19)17(22)21-8-4-3-5-16(21)12(2)20/h6-7,10-12,16H,3-5,8-9,20H2,1-2H3. The van der Waals surface area contributed by atoms with E-state index >= 15 is 0 Å². The van der Waals surface area contributed by atoms with E-state index in [0.29, 0.717) is 16.5 Å². The van der Waals surface area contributed by atoms with Crippen molar-refractivity contribution in [3.05, 3.63) is 33.8 Å². The van der Waals surface area contributed by atoms with E-state index in [2.05, 4.69) is 0 Å². The van der Waals surface area contributed by atoms with E-state index in [1.807, 2.05) is 30.9 Å². The summed E-state index contributed by atoms with van der Waals surface area (Å²) >= 11 is 12.1. The van der Waals surface area contributed by atoms with E-state index in [1.165, 1.54) is 0 Å². The molecule has 3 atom stereocenters. The molecule has 1 aromatic rings. The molecule has 22 heavy (non-hydrogen) atoms. The number of nitrogens with two attached hydrogens (primary N) is 1. The second-order valence-electron chi connectivity index (χ2n) is 6.29. The molecule has 1 aliphatic heterocycles. The molecule has 2 N–H and O–H groups in total. The van der Waals surface area contributed by atoms with Gasteiger partial charge in [-0.05, 0) is 50.3 Å². The summed E-state index contributed by atoms with van der Waals surface area (Å²) < 4.78 is 0. The summed E-state index contributed by atoms with van der Waals surface area (Å²) in [5.41, 5.74) is 7.02. The maximum atomic E-state index is 12.8. The molecule has 5 heteroatoms. The van der Waals surface area contributed by atoms with Gasteiger partial charge in [0.05, 0.1) is 0 Å². The van der Waals surface area contributed by atoms with Crippen LogP contribution < -0.4 is 5.73 Å². The number of likely N-dealkylation sites (tertiary alicyclic amines) is 1. The highest BCUT2D eigenvalue weighted by Gasteiger charge is 2.31. The molecule has 1 aliphatic rings. The molecule has 1 fully saturated rings. The first-order chi connectivity index (χ1) is 10.4. The number of amides is 1. The summed E-state index contributed by atoms with van der Waals surface area (Å²) in [6, 6.07) is 5.60. The lowest BCUT2D eigenvalue weighted by atomic mass is 9.93. The van der Waals surface area contributed by atoms with Crippen LogP contribution in [-0.4, -0.2) is 29.4 Å². The van der Waals surface area contributed by atoms with Gasteiger partial charge >= 0.3 is 0 Å². The molecule has 122 valence electrons. The first-order valence-corrected chi connectivity index (χ1v) is 8.65.